The molecule has 0 spiro atoms. The summed E-state index contributed by atoms with van der Waals surface area (Å²) in [4.78, 5) is 23.1. The fourth-order valence-corrected chi connectivity index (χ4v) is 1.91. The summed E-state index contributed by atoms with van der Waals surface area (Å²) in [7, 11) is 0. The average Bonchev–Trinajstić information content (AvgIpc) is 2.41. The normalized spacial score (nSPS) is 9.95. The predicted octanol–water partition coefficient (Wildman–Crippen LogP) is 2.64. The van der Waals surface area contributed by atoms with Crippen LogP contribution in [0.2, 0.25) is 0 Å². The molecule has 5 heteroatoms. The van der Waals surface area contributed by atoms with Gasteiger partial charge in [-0.1, -0.05) is 6.07 Å². The van der Waals surface area contributed by atoms with Crippen LogP contribution in [0.3, 0.4) is 0 Å². The summed E-state index contributed by atoms with van der Waals surface area (Å²) < 4.78 is 1.09. The Kier molecular flexibility index (Phi) is 4.16. The molecule has 2 aromatic carbocycles. The van der Waals surface area contributed by atoms with Gasteiger partial charge in [0.15, 0.2) is 0 Å². The van der Waals surface area contributed by atoms with Crippen LogP contribution in [-0.2, 0) is 0 Å². The molecule has 0 fully saturated rings. The van der Waals surface area contributed by atoms with Crippen LogP contribution in [0.15, 0.2) is 48.5 Å². The van der Waals surface area contributed by atoms with Crippen LogP contribution in [0.5, 0.6) is 0 Å². The number of hydrogen-bond acceptors (Lipinski definition) is 2. The molecule has 2 rings (SSSR count). The van der Waals surface area contributed by atoms with Crippen LogP contribution >= 0.6 is 22.6 Å². The third kappa shape index (κ3) is 3.54. The van der Waals surface area contributed by atoms with Gasteiger partial charge in [0, 0.05) is 20.4 Å². The molecule has 2 aromatic rings. The number of anilines is 1. The molecule has 0 unspecified atom stereocenters. The fraction of sp³-hybridized carbons (Fsp3) is 0. The van der Waals surface area contributed by atoms with E-state index >= 15 is 0 Å². The summed E-state index contributed by atoms with van der Waals surface area (Å²) in [5.74, 6) is -0.826. The van der Waals surface area contributed by atoms with E-state index < -0.39 is 5.91 Å². The number of hydrogen-bond donors (Lipinski definition) is 2. The zero-order valence-corrected chi connectivity index (χ0v) is 12.0. The number of rotatable bonds is 3. The minimum atomic E-state index is -0.552. The van der Waals surface area contributed by atoms with Crippen molar-refractivity contribution in [1.29, 1.82) is 0 Å². The van der Waals surface area contributed by atoms with E-state index in [1.54, 1.807) is 18.2 Å². The van der Waals surface area contributed by atoms with Crippen molar-refractivity contribution in [2.45, 2.75) is 0 Å². The second kappa shape index (κ2) is 5.83. The number of carbonyl (C=O) groups excluding carboxylic acids is 2. The molecular weight excluding hydrogens is 355 g/mol. The predicted molar refractivity (Wildman–Crippen MR) is 82.1 cm³/mol. The van der Waals surface area contributed by atoms with Gasteiger partial charge in [-0.3, -0.25) is 9.59 Å². The van der Waals surface area contributed by atoms with E-state index in [1.165, 1.54) is 6.07 Å². The highest BCUT2D eigenvalue weighted by atomic mass is 127. The van der Waals surface area contributed by atoms with Crippen LogP contribution in [-0.4, -0.2) is 11.8 Å². The van der Waals surface area contributed by atoms with Crippen molar-refractivity contribution in [2.24, 2.45) is 5.73 Å². The third-order valence-electron chi connectivity index (χ3n) is 2.51. The fourth-order valence-electron chi connectivity index (χ4n) is 1.55. The first-order chi connectivity index (χ1) is 9.06. The standard InChI is InChI=1S/C14H11IN2O2/c15-11-4-6-12(7-5-11)17-14(19)10-3-1-2-9(8-10)13(16)18/h1-8H,(H2,16,18)(H,17,19). The quantitative estimate of drug-likeness (QED) is 0.820. The Morgan fingerprint density at radius 2 is 1.63 bits per heavy atom. The molecule has 0 aromatic heterocycles. The molecule has 0 aliphatic heterocycles. The van der Waals surface area contributed by atoms with E-state index in [-0.39, 0.29) is 5.91 Å². The lowest BCUT2D eigenvalue weighted by Crippen LogP contribution is -2.15. The highest BCUT2D eigenvalue weighted by Gasteiger charge is 2.08. The molecule has 0 aliphatic carbocycles. The Morgan fingerprint density at radius 1 is 1.00 bits per heavy atom. The molecular formula is C14H11IN2O2. The molecule has 2 amide bonds. The Hall–Kier alpha value is -1.89. The minimum absolute atomic E-state index is 0.274. The number of benzene rings is 2. The van der Waals surface area contributed by atoms with E-state index in [9.17, 15) is 9.59 Å². The first-order valence-corrected chi connectivity index (χ1v) is 6.61. The number of amides is 2. The lowest BCUT2D eigenvalue weighted by atomic mass is 10.1. The van der Waals surface area contributed by atoms with Crippen molar-refractivity contribution in [1.82, 2.24) is 0 Å². The lowest BCUT2D eigenvalue weighted by Gasteiger charge is -2.06. The molecule has 96 valence electrons. The summed E-state index contributed by atoms with van der Waals surface area (Å²) >= 11 is 2.19. The van der Waals surface area contributed by atoms with Gasteiger partial charge in [-0.2, -0.15) is 0 Å². The maximum atomic E-state index is 12.0. The molecule has 0 atom stereocenters. The zero-order chi connectivity index (χ0) is 13.8. The summed E-state index contributed by atoms with van der Waals surface area (Å²) in [5, 5.41) is 2.76. The topological polar surface area (TPSA) is 72.2 Å². The Bertz CT molecular complexity index is 624. The summed E-state index contributed by atoms with van der Waals surface area (Å²) in [6.07, 6.45) is 0. The highest BCUT2D eigenvalue weighted by Crippen LogP contribution is 2.13. The van der Waals surface area contributed by atoms with E-state index in [0.717, 1.165) is 3.57 Å². The largest absolute Gasteiger partial charge is 0.366 e. The van der Waals surface area contributed by atoms with Crippen LogP contribution in [0, 0.1) is 3.57 Å². The number of nitrogens with one attached hydrogen (secondary N) is 1. The summed E-state index contributed by atoms with van der Waals surface area (Å²) in [5.41, 5.74) is 6.60. The molecule has 0 saturated heterocycles. The number of halogens is 1. The van der Waals surface area contributed by atoms with Crippen LogP contribution in [0.25, 0.3) is 0 Å². The van der Waals surface area contributed by atoms with Gasteiger partial charge < -0.3 is 11.1 Å². The zero-order valence-electron chi connectivity index (χ0n) is 9.89. The Balaban J connectivity index is 2.18. The van der Waals surface area contributed by atoms with Gasteiger partial charge in [0.05, 0.1) is 0 Å². The van der Waals surface area contributed by atoms with Gasteiger partial charge in [-0.15, -0.1) is 0 Å². The highest BCUT2D eigenvalue weighted by molar-refractivity contribution is 14.1. The van der Waals surface area contributed by atoms with Gasteiger partial charge in [0.1, 0.15) is 0 Å². The molecule has 0 aliphatic rings. The molecule has 19 heavy (non-hydrogen) atoms. The van der Waals surface area contributed by atoms with Crippen LogP contribution < -0.4 is 11.1 Å². The van der Waals surface area contributed by atoms with Crippen LogP contribution in [0.1, 0.15) is 20.7 Å². The van der Waals surface area contributed by atoms with Crippen molar-refractivity contribution in [3.05, 3.63) is 63.2 Å². The first kappa shape index (κ1) is 13.5. The summed E-state index contributed by atoms with van der Waals surface area (Å²) in [6, 6.07) is 13.7. The molecule has 0 radical (unpaired) electrons. The van der Waals surface area contributed by atoms with E-state index in [0.29, 0.717) is 16.8 Å². The lowest BCUT2D eigenvalue weighted by molar-refractivity contribution is 0.1000. The molecule has 0 saturated carbocycles. The maximum absolute atomic E-state index is 12.0. The SMILES string of the molecule is NC(=O)c1cccc(C(=O)Nc2ccc(I)cc2)c1. The van der Waals surface area contributed by atoms with Crippen LogP contribution in [0.4, 0.5) is 5.69 Å². The van der Waals surface area contributed by atoms with Crippen molar-refractivity contribution in [3.63, 3.8) is 0 Å². The monoisotopic (exact) mass is 366 g/mol. The second-order valence-corrected chi connectivity index (χ2v) is 5.15. The number of primary amides is 1. The Morgan fingerprint density at radius 3 is 2.26 bits per heavy atom. The van der Waals surface area contributed by atoms with E-state index in [2.05, 4.69) is 27.9 Å². The second-order valence-electron chi connectivity index (χ2n) is 3.91. The average molecular weight is 366 g/mol. The smallest absolute Gasteiger partial charge is 0.255 e. The van der Waals surface area contributed by atoms with Crippen molar-refractivity contribution in [2.75, 3.05) is 5.32 Å². The molecule has 4 nitrogen and oxygen atoms in total. The number of carbonyl (C=O) groups is 2. The van der Waals surface area contributed by atoms with Gasteiger partial charge in [0.25, 0.3) is 5.91 Å². The van der Waals surface area contributed by atoms with Gasteiger partial charge in [-0.25, -0.2) is 0 Å². The Labute approximate surface area is 124 Å². The van der Waals surface area contributed by atoms with Gasteiger partial charge in [-0.05, 0) is 65.1 Å². The van der Waals surface area contributed by atoms with E-state index in [4.69, 9.17) is 5.73 Å². The van der Waals surface area contributed by atoms with Crippen molar-refractivity contribution >= 4 is 40.1 Å². The summed E-state index contributed by atoms with van der Waals surface area (Å²) in [6.45, 7) is 0. The van der Waals surface area contributed by atoms with Gasteiger partial charge >= 0.3 is 0 Å². The van der Waals surface area contributed by atoms with Crippen molar-refractivity contribution in [3.8, 4) is 0 Å². The maximum Gasteiger partial charge on any atom is 0.255 e. The minimum Gasteiger partial charge on any atom is -0.366 e. The van der Waals surface area contributed by atoms with Crippen molar-refractivity contribution < 1.29 is 9.59 Å². The first-order valence-electron chi connectivity index (χ1n) is 5.53. The third-order valence-corrected chi connectivity index (χ3v) is 3.23. The molecule has 0 heterocycles. The molecule has 3 N–H and O–H groups in total. The molecule has 0 bridgehead atoms. The van der Waals surface area contributed by atoms with Gasteiger partial charge in [0.2, 0.25) is 5.91 Å². The number of nitrogens with two attached hydrogens (primary N) is 1. The van der Waals surface area contributed by atoms with E-state index in [1.807, 2.05) is 24.3 Å².